The molecule has 0 amide bonds. The average Bonchev–Trinajstić information content (AvgIpc) is 2.81. The highest BCUT2D eigenvalue weighted by atomic mass is 32.2. The van der Waals surface area contributed by atoms with Crippen molar-refractivity contribution in [3.63, 3.8) is 0 Å². The van der Waals surface area contributed by atoms with Crippen molar-refractivity contribution in [1.82, 2.24) is 0 Å². The maximum absolute atomic E-state index is 12.2. The molecule has 3 nitrogen and oxygen atoms in total. The molecule has 0 unspecified atom stereocenters. The van der Waals surface area contributed by atoms with Crippen molar-refractivity contribution in [1.29, 1.82) is 0 Å². The largest absolute Gasteiger partial charge is 0.279 e. The van der Waals surface area contributed by atoms with Gasteiger partial charge in [-0.05, 0) is 37.1 Å². The molecule has 0 spiro atoms. The van der Waals surface area contributed by atoms with Crippen LogP contribution < -0.4 is 4.72 Å². The summed E-state index contributed by atoms with van der Waals surface area (Å²) in [7, 11) is -3.46. The maximum atomic E-state index is 12.2. The summed E-state index contributed by atoms with van der Waals surface area (Å²) < 4.78 is 27.4. The van der Waals surface area contributed by atoms with Gasteiger partial charge >= 0.3 is 0 Å². The molecule has 1 N–H and O–H groups in total. The van der Waals surface area contributed by atoms with E-state index in [4.69, 9.17) is 0 Å². The molecule has 0 atom stereocenters. The van der Waals surface area contributed by atoms with Crippen molar-refractivity contribution >= 4 is 27.0 Å². The zero-order chi connectivity index (χ0) is 13.2. The molecule has 96 valence electrons. The first-order chi connectivity index (χ1) is 8.53. The average molecular weight is 281 g/mol. The van der Waals surface area contributed by atoms with Crippen molar-refractivity contribution in [2.75, 3.05) is 4.72 Å². The van der Waals surface area contributed by atoms with Crippen LogP contribution in [0.5, 0.6) is 0 Å². The van der Waals surface area contributed by atoms with Gasteiger partial charge in [0.1, 0.15) is 4.21 Å². The Balaban J connectivity index is 2.30. The second-order valence-corrected chi connectivity index (χ2v) is 7.07. The van der Waals surface area contributed by atoms with Crippen LogP contribution in [0.1, 0.15) is 17.4 Å². The van der Waals surface area contributed by atoms with Crippen molar-refractivity contribution in [2.24, 2.45) is 0 Å². The van der Waals surface area contributed by atoms with E-state index in [9.17, 15) is 8.42 Å². The van der Waals surface area contributed by atoms with Crippen LogP contribution in [-0.4, -0.2) is 8.42 Å². The van der Waals surface area contributed by atoms with E-state index in [1.54, 1.807) is 12.1 Å². The van der Waals surface area contributed by atoms with E-state index in [1.807, 2.05) is 38.1 Å². The molecule has 1 aromatic carbocycles. The molecule has 0 aliphatic rings. The maximum Gasteiger partial charge on any atom is 0.271 e. The molecule has 0 aliphatic carbocycles. The van der Waals surface area contributed by atoms with Gasteiger partial charge in [-0.3, -0.25) is 4.72 Å². The Hall–Kier alpha value is -1.33. The number of thiophene rings is 1. The van der Waals surface area contributed by atoms with Gasteiger partial charge in [-0.25, -0.2) is 8.42 Å². The molecule has 0 saturated carbocycles. The zero-order valence-electron chi connectivity index (χ0n) is 10.3. The first kappa shape index (κ1) is 13.1. The number of hydrogen-bond acceptors (Lipinski definition) is 3. The van der Waals surface area contributed by atoms with Crippen molar-refractivity contribution in [2.45, 2.75) is 24.5 Å². The van der Waals surface area contributed by atoms with Crippen LogP contribution in [0, 0.1) is 6.92 Å². The summed E-state index contributed by atoms with van der Waals surface area (Å²) in [6.07, 6.45) is 0.852. The van der Waals surface area contributed by atoms with E-state index in [0.717, 1.165) is 16.9 Å². The van der Waals surface area contributed by atoms with Crippen LogP contribution in [0.25, 0.3) is 0 Å². The molecule has 18 heavy (non-hydrogen) atoms. The number of para-hydroxylation sites is 1. The smallest absolute Gasteiger partial charge is 0.271 e. The zero-order valence-corrected chi connectivity index (χ0v) is 11.9. The molecule has 5 heteroatoms. The third kappa shape index (κ3) is 2.73. The molecule has 0 saturated heterocycles. The third-order valence-electron chi connectivity index (χ3n) is 2.64. The van der Waals surface area contributed by atoms with Crippen molar-refractivity contribution < 1.29 is 8.42 Å². The Bertz CT molecular complexity index is 645. The van der Waals surface area contributed by atoms with Crippen LogP contribution in [0.4, 0.5) is 5.69 Å². The molecular weight excluding hydrogens is 266 g/mol. The van der Waals surface area contributed by atoms with E-state index < -0.39 is 10.0 Å². The van der Waals surface area contributed by atoms with Crippen molar-refractivity contribution in [3.05, 3.63) is 46.8 Å². The lowest BCUT2D eigenvalue weighted by molar-refractivity contribution is 0.603. The standard InChI is InChI=1S/C13H15NO2S2/c1-3-11-8-9-13(17-11)18(15,16)14-12-7-5-4-6-10(12)2/h4-9,14H,3H2,1-2H3. The normalized spacial score (nSPS) is 11.4. The van der Waals surface area contributed by atoms with Gasteiger partial charge in [0.15, 0.2) is 0 Å². The second kappa shape index (κ2) is 5.12. The summed E-state index contributed by atoms with van der Waals surface area (Å²) in [5.41, 5.74) is 1.54. The van der Waals surface area contributed by atoms with Crippen LogP contribution >= 0.6 is 11.3 Å². The number of nitrogens with one attached hydrogen (secondary N) is 1. The summed E-state index contributed by atoms with van der Waals surface area (Å²) >= 11 is 1.31. The Morgan fingerprint density at radius 2 is 1.89 bits per heavy atom. The highest BCUT2D eigenvalue weighted by molar-refractivity contribution is 7.94. The summed E-state index contributed by atoms with van der Waals surface area (Å²) in [4.78, 5) is 1.07. The molecule has 0 radical (unpaired) electrons. The Morgan fingerprint density at radius 1 is 1.17 bits per heavy atom. The Labute approximate surface area is 112 Å². The van der Waals surface area contributed by atoms with Gasteiger partial charge in [0.25, 0.3) is 10.0 Å². The van der Waals surface area contributed by atoms with E-state index in [1.165, 1.54) is 11.3 Å². The predicted molar refractivity (Wildman–Crippen MR) is 75.7 cm³/mol. The highest BCUT2D eigenvalue weighted by Crippen LogP contribution is 2.25. The van der Waals surface area contributed by atoms with Gasteiger partial charge < -0.3 is 0 Å². The number of rotatable bonds is 4. The summed E-state index contributed by atoms with van der Waals surface area (Å²) in [6, 6.07) is 10.9. The van der Waals surface area contributed by atoms with Crippen LogP contribution in [0.15, 0.2) is 40.6 Å². The minimum absolute atomic E-state index is 0.364. The highest BCUT2D eigenvalue weighted by Gasteiger charge is 2.17. The fourth-order valence-corrected chi connectivity index (χ4v) is 4.00. The quantitative estimate of drug-likeness (QED) is 0.933. The molecular formula is C13H15NO2S2. The lowest BCUT2D eigenvalue weighted by atomic mass is 10.2. The summed E-state index contributed by atoms with van der Waals surface area (Å²) in [5, 5.41) is 0. The van der Waals surface area contributed by atoms with E-state index >= 15 is 0 Å². The fraction of sp³-hybridized carbons (Fsp3) is 0.231. The van der Waals surface area contributed by atoms with Gasteiger partial charge in [0, 0.05) is 4.88 Å². The van der Waals surface area contributed by atoms with E-state index in [0.29, 0.717) is 9.90 Å². The first-order valence-electron chi connectivity index (χ1n) is 5.70. The number of anilines is 1. The van der Waals surface area contributed by atoms with Crippen LogP contribution in [-0.2, 0) is 16.4 Å². The summed E-state index contributed by atoms with van der Waals surface area (Å²) in [6.45, 7) is 3.89. The van der Waals surface area contributed by atoms with E-state index in [-0.39, 0.29) is 0 Å². The minimum atomic E-state index is -3.46. The molecule has 2 aromatic rings. The van der Waals surface area contributed by atoms with Crippen LogP contribution in [0.3, 0.4) is 0 Å². The second-order valence-electron chi connectivity index (χ2n) is 3.99. The van der Waals surface area contributed by atoms with Gasteiger partial charge in [-0.15, -0.1) is 11.3 Å². The van der Waals surface area contributed by atoms with Gasteiger partial charge in [0.2, 0.25) is 0 Å². The monoisotopic (exact) mass is 281 g/mol. The number of sulfonamides is 1. The third-order valence-corrected chi connectivity index (χ3v) is 5.73. The Kier molecular flexibility index (Phi) is 3.73. The van der Waals surface area contributed by atoms with Gasteiger partial charge in [0.05, 0.1) is 5.69 Å². The fourth-order valence-electron chi connectivity index (χ4n) is 1.58. The Morgan fingerprint density at radius 3 is 2.50 bits per heavy atom. The minimum Gasteiger partial charge on any atom is -0.279 e. The molecule has 2 rings (SSSR count). The number of hydrogen-bond donors (Lipinski definition) is 1. The number of benzene rings is 1. The van der Waals surface area contributed by atoms with Gasteiger partial charge in [-0.2, -0.15) is 0 Å². The first-order valence-corrected chi connectivity index (χ1v) is 8.00. The SMILES string of the molecule is CCc1ccc(S(=O)(=O)Nc2ccccc2C)s1. The lowest BCUT2D eigenvalue weighted by Gasteiger charge is -2.08. The predicted octanol–water partition coefficient (Wildman–Crippen LogP) is 3.42. The molecule has 0 fully saturated rings. The van der Waals surface area contributed by atoms with Crippen LogP contribution in [0.2, 0.25) is 0 Å². The molecule has 0 aliphatic heterocycles. The van der Waals surface area contributed by atoms with E-state index in [2.05, 4.69) is 4.72 Å². The number of aryl methyl sites for hydroxylation is 2. The molecule has 1 heterocycles. The summed E-state index contributed by atoms with van der Waals surface area (Å²) in [5.74, 6) is 0. The van der Waals surface area contributed by atoms with Gasteiger partial charge in [-0.1, -0.05) is 25.1 Å². The molecule has 1 aromatic heterocycles. The molecule has 0 bridgehead atoms. The lowest BCUT2D eigenvalue weighted by Crippen LogP contribution is -2.12. The topological polar surface area (TPSA) is 46.2 Å². The van der Waals surface area contributed by atoms with Crippen molar-refractivity contribution in [3.8, 4) is 0 Å².